The van der Waals surface area contributed by atoms with Gasteiger partial charge in [0, 0.05) is 6.54 Å². The lowest BCUT2D eigenvalue weighted by Crippen LogP contribution is -2.53. The van der Waals surface area contributed by atoms with Gasteiger partial charge in [0.1, 0.15) is 11.6 Å². The molecular formula is C15H27N3O3. The maximum Gasteiger partial charge on any atom is 0.411 e. The van der Waals surface area contributed by atoms with E-state index < -0.39 is 17.7 Å². The zero-order chi connectivity index (χ0) is 15.9. The summed E-state index contributed by atoms with van der Waals surface area (Å²) in [6, 6.07) is 1.79. The fraction of sp³-hybridized carbons (Fsp3) is 0.867. The number of rotatable bonds is 5. The van der Waals surface area contributed by atoms with Crippen LogP contribution in [0.1, 0.15) is 53.4 Å². The third-order valence-corrected chi connectivity index (χ3v) is 3.21. The second-order valence-corrected chi connectivity index (χ2v) is 6.37. The molecule has 1 amide bonds. The van der Waals surface area contributed by atoms with E-state index in [9.17, 15) is 10.1 Å². The van der Waals surface area contributed by atoms with E-state index in [1.54, 1.807) is 0 Å². The van der Waals surface area contributed by atoms with Gasteiger partial charge in [0.05, 0.1) is 18.7 Å². The Labute approximate surface area is 127 Å². The molecule has 1 fully saturated rings. The van der Waals surface area contributed by atoms with Gasteiger partial charge in [0.15, 0.2) is 0 Å². The van der Waals surface area contributed by atoms with Crippen molar-refractivity contribution >= 4 is 6.09 Å². The number of nitrogens with zero attached hydrogens (tertiary/aromatic N) is 2. The predicted molar refractivity (Wildman–Crippen MR) is 79.4 cm³/mol. The number of carbonyl (C=O) groups excluding carboxylic acids is 1. The zero-order valence-electron chi connectivity index (χ0n) is 13.5. The number of nitrogens with one attached hydrogen (secondary N) is 1. The van der Waals surface area contributed by atoms with Crippen molar-refractivity contribution in [3.8, 4) is 6.07 Å². The first-order valence-electron chi connectivity index (χ1n) is 7.64. The van der Waals surface area contributed by atoms with E-state index in [-0.39, 0.29) is 6.04 Å². The van der Waals surface area contributed by atoms with Crippen molar-refractivity contribution in [2.24, 2.45) is 0 Å². The number of piperidine rings is 1. The Morgan fingerprint density at radius 1 is 1.43 bits per heavy atom. The maximum absolute atomic E-state index is 12.2. The molecule has 0 aromatic rings. The zero-order valence-corrected chi connectivity index (χ0v) is 13.5. The van der Waals surface area contributed by atoms with Crippen LogP contribution in [-0.2, 0) is 9.57 Å². The molecule has 0 aromatic carbocycles. The predicted octanol–water partition coefficient (Wildman–Crippen LogP) is 2.60. The molecule has 0 unspecified atom stereocenters. The molecule has 1 aliphatic rings. The summed E-state index contributed by atoms with van der Waals surface area (Å²) in [7, 11) is 0. The molecule has 0 bridgehead atoms. The van der Waals surface area contributed by atoms with Gasteiger partial charge in [-0.25, -0.2) is 4.79 Å². The molecule has 0 aromatic heterocycles. The molecule has 1 heterocycles. The molecule has 1 aliphatic heterocycles. The van der Waals surface area contributed by atoms with Gasteiger partial charge in [0.25, 0.3) is 0 Å². The van der Waals surface area contributed by atoms with Crippen LogP contribution in [0.4, 0.5) is 4.79 Å². The number of unbranched alkanes of at least 4 members (excludes halogenated alkanes) is 1. The minimum absolute atomic E-state index is 0.0407. The Kier molecular flexibility index (Phi) is 6.93. The number of hydroxylamine groups is 1. The van der Waals surface area contributed by atoms with Crippen molar-refractivity contribution in [2.75, 3.05) is 13.2 Å². The highest BCUT2D eigenvalue weighted by molar-refractivity contribution is 5.69. The van der Waals surface area contributed by atoms with Gasteiger partial charge >= 0.3 is 6.09 Å². The molecular weight excluding hydrogens is 270 g/mol. The summed E-state index contributed by atoms with van der Waals surface area (Å²) in [6.45, 7) is 8.64. The number of hydrogen-bond acceptors (Lipinski definition) is 5. The van der Waals surface area contributed by atoms with Crippen molar-refractivity contribution in [1.82, 2.24) is 10.4 Å². The van der Waals surface area contributed by atoms with E-state index in [0.29, 0.717) is 19.6 Å². The minimum atomic E-state index is -0.560. The standard InChI is InChI=1S/C15H27N3O3/c1-5-6-9-20-17-12-7-8-13(10-16)18(11-12)14(19)21-15(2,3)4/h12-13,17H,5-9,11H2,1-4H3/t12-,13+/m1/s1. The van der Waals surface area contributed by atoms with Crippen LogP contribution in [0, 0.1) is 11.3 Å². The first-order chi connectivity index (χ1) is 9.87. The van der Waals surface area contributed by atoms with E-state index in [1.807, 2.05) is 20.8 Å². The minimum Gasteiger partial charge on any atom is -0.444 e. The van der Waals surface area contributed by atoms with Crippen molar-refractivity contribution < 1.29 is 14.4 Å². The Balaban J connectivity index is 2.53. The molecule has 0 aliphatic carbocycles. The molecule has 0 spiro atoms. The molecule has 0 saturated carbocycles. The molecule has 0 radical (unpaired) electrons. The quantitative estimate of drug-likeness (QED) is 0.623. The number of ether oxygens (including phenoxy) is 1. The summed E-state index contributed by atoms with van der Waals surface area (Å²) >= 11 is 0. The van der Waals surface area contributed by atoms with Crippen molar-refractivity contribution in [2.45, 2.75) is 71.1 Å². The van der Waals surface area contributed by atoms with Gasteiger partial charge < -0.3 is 9.57 Å². The summed E-state index contributed by atoms with van der Waals surface area (Å²) in [5.74, 6) is 0. The largest absolute Gasteiger partial charge is 0.444 e. The third kappa shape index (κ3) is 6.32. The summed E-state index contributed by atoms with van der Waals surface area (Å²) in [5.41, 5.74) is 2.43. The average molecular weight is 297 g/mol. The lowest BCUT2D eigenvalue weighted by molar-refractivity contribution is -0.0219. The van der Waals surface area contributed by atoms with E-state index in [1.165, 1.54) is 4.90 Å². The molecule has 2 atom stereocenters. The van der Waals surface area contributed by atoms with Gasteiger partial charge in [-0.1, -0.05) is 13.3 Å². The van der Waals surface area contributed by atoms with Gasteiger partial charge in [-0.15, -0.1) is 0 Å². The van der Waals surface area contributed by atoms with Gasteiger partial charge in [-0.05, 0) is 40.0 Å². The summed E-state index contributed by atoms with van der Waals surface area (Å²) in [5, 5.41) is 9.19. The third-order valence-electron chi connectivity index (χ3n) is 3.21. The molecule has 1 N–H and O–H groups in total. The second kappa shape index (κ2) is 8.20. The van der Waals surface area contributed by atoms with Crippen LogP contribution in [0.15, 0.2) is 0 Å². The highest BCUT2D eigenvalue weighted by Gasteiger charge is 2.34. The Bertz CT molecular complexity index is 373. The Hall–Kier alpha value is -1.32. The molecule has 1 rings (SSSR count). The number of amides is 1. The van der Waals surface area contributed by atoms with Crippen molar-refractivity contribution in [3.05, 3.63) is 0 Å². The van der Waals surface area contributed by atoms with Crippen LogP contribution in [0.3, 0.4) is 0 Å². The van der Waals surface area contributed by atoms with Gasteiger partial charge in [-0.3, -0.25) is 4.90 Å². The summed E-state index contributed by atoms with van der Waals surface area (Å²) in [4.78, 5) is 19.1. The molecule has 1 saturated heterocycles. The van der Waals surface area contributed by atoms with E-state index in [2.05, 4.69) is 18.5 Å². The monoisotopic (exact) mass is 297 g/mol. The molecule has 120 valence electrons. The lowest BCUT2D eigenvalue weighted by Gasteiger charge is -2.37. The Morgan fingerprint density at radius 3 is 2.71 bits per heavy atom. The second-order valence-electron chi connectivity index (χ2n) is 6.37. The van der Waals surface area contributed by atoms with Crippen LogP contribution in [0.5, 0.6) is 0 Å². The number of nitriles is 1. The first kappa shape index (κ1) is 17.7. The fourth-order valence-corrected chi connectivity index (χ4v) is 2.12. The lowest BCUT2D eigenvalue weighted by atomic mass is 10.0. The first-order valence-corrected chi connectivity index (χ1v) is 7.64. The smallest absolute Gasteiger partial charge is 0.411 e. The topological polar surface area (TPSA) is 74.6 Å². The number of carbonyl (C=O) groups is 1. The molecule has 21 heavy (non-hydrogen) atoms. The molecule has 6 nitrogen and oxygen atoms in total. The van der Waals surface area contributed by atoms with Crippen LogP contribution < -0.4 is 5.48 Å². The fourth-order valence-electron chi connectivity index (χ4n) is 2.12. The molecule has 6 heteroatoms. The van der Waals surface area contributed by atoms with Crippen LogP contribution in [0.2, 0.25) is 0 Å². The SMILES string of the molecule is CCCCON[C@@H]1CC[C@@H](C#N)N(C(=O)OC(C)(C)C)C1. The van der Waals surface area contributed by atoms with Gasteiger partial charge in [0.2, 0.25) is 0 Å². The van der Waals surface area contributed by atoms with Crippen molar-refractivity contribution in [1.29, 1.82) is 5.26 Å². The van der Waals surface area contributed by atoms with Crippen LogP contribution in [-0.4, -0.2) is 41.8 Å². The van der Waals surface area contributed by atoms with E-state index >= 15 is 0 Å². The van der Waals surface area contributed by atoms with Crippen LogP contribution >= 0.6 is 0 Å². The highest BCUT2D eigenvalue weighted by atomic mass is 16.6. The van der Waals surface area contributed by atoms with Gasteiger partial charge in [-0.2, -0.15) is 10.7 Å². The number of hydrogen-bond donors (Lipinski definition) is 1. The Morgan fingerprint density at radius 2 is 2.14 bits per heavy atom. The summed E-state index contributed by atoms with van der Waals surface area (Å²) in [6.07, 6.45) is 3.08. The number of likely N-dealkylation sites (tertiary alicyclic amines) is 1. The van der Waals surface area contributed by atoms with Crippen LogP contribution in [0.25, 0.3) is 0 Å². The van der Waals surface area contributed by atoms with E-state index in [0.717, 1.165) is 19.3 Å². The summed E-state index contributed by atoms with van der Waals surface area (Å²) < 4.78 is 5.37. The van der Waals surface area contributed by atoms with E-state index in [4.69, 9.17) is 9.57 Å². The normalized spacial score (nSPS) is 22.7. The average Bonchev–Trinajstić information content (AvgIpc) is 2.41. The van der Waals surface area contributed by atoms with Crippen molar-refractivity contribution in [3.63, 3.8) is 0 Å². The highest BCUT2D eigenvalue weighted by Crippen LogP contribution is 2.20. The maximum atomic E-state index is 12.2.